The van der Waals surface area contributed by atoms with Gasteiger partial charge in [-0.15, -0.1) is 0 Å². The van der Waals surface area contributed by atoms with Crippen LogP contribution in [0.15, 0.2) is 60.7 Å². The highest BCUT2D eigenvalue weighted by Gasteiger charge is 2.36. The van der Waals surface area contributed by atoms with Gasteiger partial charge in [0, 0.05) is 17.6 Å². The van der Waals surface area contributed by atoms with Crippen LogP contribution in [0.3, 0.4) is 0 Å². The highest BCUT2D eigenvalue weighted by molar-refractivity contribution is 5.90. The number of carboxylic acid groups (broad SMARTS) is 1. The molecule has 4 nitrogen and oxygen atoms in total. The van der Waals surface area contributed by atoms with Gasteiger partial charge in [0.15, 0.2) is 0 Å². The van der Waals surface area contributed by atoms with Crippen molar-refractivity contribution in [2.75, 3.05) is 6.61 Å². The van der Waals surface area contributed by atoms with E-state index >= 15 is 0 Å². The number of aliphatic carboxylic acids is 1. The summed E-state index contributed by atoms with van der Waals surface area (Å²) in [5, 5.41) is 8.04. The van der Waals surface area contributed by atoms with E-state index < -0.39 is 17.4 Å². The Balaban J connectivity index is 0.000000767. The number of carbonyl (C=O) groups is 2. The number of benzene rings is 2. The first kappa shape index (κ1) is 31.0. The molecule has 2 aromatic rings. The number of carbonyl (C=O) groups excluding carboxylic acids is 1. The third kappa shape index (κ3) is 9.86. The lowest BCUT2D eigenvalue weighted by Crippen LogP contribution is -2.33. The predicted molar refractivity (Wildman–Crippen MR) is 133 cm³/mol. The average Bonchev–Trinajstić information content (AvgIpc) is 2.82. The molecule has 34 heavy (non-hydrogen) atoms. The van der Waals surface area contributed by atoms with E-state index in [0.717, 1.165) is 42.5 Å². The van der Waals surface area contributed by atoms with Crippen molar-refractivity contribution in [2.45, 2.75) is 66.2 Å². The van der Waals surface area contributed by atoms with E-state index in [9.17, 15) is 18.4 Å². The second-order valence-corrected chi connectivity index (χ2v) is 7.54. The summed E-state index contributed by atoms with van der Waals surface area (Å²) in [7, 11) is 0. The number of esters is 1. The molecule has 0 spiro atoms. The van der Waals surface area contributed by atoms with Gasteiger partial charge < -0.3 is 9.84 Å². The molecule has 0 bridgehead atoms. The monoisotopic (exact) mass is 476 g/mol. The normalized spacial score (nSPS) is 11.5. The zero-order chi connectivity index (χ0) is 26.1. The van der Waals surface area contributed by atoms with Gasteiger partial charge in [0.25, 0.3) is 0 Å². The van der Waals surface area contributed by atoms with Gasteiger partial charge in [0.05, 0.1) is 6.61 Å². The molecule has 6 heteroatoms. The summed E-state index contributed by atoms with van der Waals surface area (Å²) in [5.41, 5.74) is 1.44. The van der Waals surface area contributed by atoms with E-state index in [0.29, 0.717) is 5.92 Å². The Morgan fingerprint density at radius 1 is 0.971 bits per heavy atom. The quantitative estimate of drug-likeness (QED) is 0.304. The molecule has 2 rings (SSSR count). The van der Waals surface area contributed by atoms with Crippen molar-refractivity contribution in [1.29, 1.82) is 0 Å². The van der Waals surface area contributed by atoms with E-state index in [-0.39, 0.29) is 18.2 Å². The molecule has 0 aliphatic carbocycles. The smallest absolute Gasteiger partial charge is 0.330 e. The van der Waals surface area contributed by atoms with E-state index in [1.165, 1.54) is 12.1 Å². The lowest BCUT2D eigenvalue weighted by Gasteiger charge is -2.39. The van der Waals surface area contributed by atoms with Crippen LogP contribution in [0.2, 0.25) is 0 Å². The molecular weight excluding hydrogens is 438 g/mol. The van der Waals surface area contributed by atoms with Crippen LogP contribution in [0.1, 0.15) is 71.9 Å². The molecular formula is C28H38F2O4. The van der Waals surface area contributed by atoms with Crippen molar-refractivity contribution in [3.63, 3.8) is 0 Å². The fraction of sp³-hybridized carbons (Fsp3) is 0.429. The Morgan fingerprint density at radius 2 is 1.47 bits per heavy atom. The highest BCUT2D eigenvalue weighted by Crippen LogP contribution is 2.43. The Hall–Kier alpha value is -3.02. The van der Waals surface area contributed by atoms with Gasteiger partial charge in [-0.05, 0) is 54.7 Å². The van der Waals surface area contributed by atoms with E-state index in [1.807, 2.05) is 26.0 Å². The van der Waals surface area contributed by atoms with Crippen molar-refractivity contribution in [1.82, 2.24) is 0 Å². The van der Waals surface area contributed by atoms with Gasteiger partial charge >= 0.3 is 11.9 Å². The predicted octanol–water partition coefficient (Wildman–Crippen LogP) is 7.31. The topological polar surface area (TPSA) is 63.6 Å². The summed E-state index contributed by atoms with van der Waals surface area (Å²) in [6, 6.07) is 13.5. The minimum atomic E-state index is -1.16. The number of rotatable bonds is 9. The number of hydrogen-bond acceptors (Lipinski definition) is 3. The lowest BCUT2D eigenvalue weighted by molar-refractivity contribution is -0.138. The van der Waals surface area contributed by atoms with Crippen molar-refractivity contribution in [2.24, 2.45) is 5.92 Å². The SMILES string of the molecule is CC.CCCC(CC)C(C)(c1cccc(F)c1)c1cccc(F)c1.CCOC(=O)/C=C\C(=O)O. The Kier molecular flexibility index (Phi) is 15.1. The summed E-state index contributed by atoms with van der Waals surface area (Å²) < 4.78 is 31.9. The van der Waals surface area contributed by atoms with E-state index in [4.69, 9.17) is 5.11 Å². The first-order valence-corrected chi connectivity index (χ1v) is 11.8. The van der Waals surface area contributed by atoms with Gasteiger partial charge in [-0.25, -0.2) is 18.4 Å². The largest absolute Gasteiger partial charge is 0.478 e. The third-order valence-corrected chi connectivity index (χ3v) is 5.44. The molecule has 0 heterocycles. The second kappa shape index (κ2) is 16.6. The molecule has 0 radical (unpaired) electrons. The number of hydrogen-bond donors (Lipinski definition) is 1. The maximum atomic E-state index is 13.8. The number of halogens is 2. The lowest BCUT2D eigenvalue weighted by atomic mass is 9.65. The third-order valence-electron chi connectivity index (χ3n) is 5.44. The maximum Gasteiger partial charge on any atom is 0.330 e. The zero-order valence-corrected chi connectivity index (χ0v) is 21.1. The molecule has 0 fully saturated rings. The Labute approximate surface area is 202 Å². The number of ether oxygens (including phenoxy) is 1. The van der Waals surface area contributed by atoms with Gasteiger partial charge in [0.1, 0.15) is 11.6 Å². The molecule has 0 saturated carbocycles. The molecule has 188 valence electrons. The summed E-state index contributed by atoms with van der Waals surface area (Å²) in [5.74, 6) is -1.95. The second-order valence-electron chi connectivity index (χ2n) is 7.54. The van der Waals surface area contributed by atoms with Crippen LogP contribution in [0.4, 0.5) is 8.78 Å². The van der Waals surface area contributed by atoms with Crippen molar-refractivity contribution in [3.05, 3.63) is 83.4 Å². The molecule has 1 atom stereocenters. The van der Waals surface area contributed by atoms with Crippen LogP contribution in [-0.4, -0.2) is 23.7 Å². The Bertz CT molecular complexity index is 863. The minimum absolute atomic E-state index is 0.244. The van der Waals surface area contributed by atoms with E-state index in [2.05, 4.69) is 25.5 Å². The first-order chi connectivity index (χ1) is 16.2. The van der Waals surface area contributed by atoms with Crippen molar-refractivity contribution in [3.8, 4) is 0 Å². The zero-order valence-electron chi connectivity index (χ0n) is 21.1. The van der Waals surface area contributed by atoms with Crippen LogP contribution in [0.5, 0.6) is 0 Å². The van der Waals surface area contributed by atoms with Gasteiger partial charge in [-0.3, -0.25) is 0 Å². The van der Waals surface area contributed by atoms with Crippen molar-refractivity contribution >= 4 is 11.9 Å². The maximum absolute atomic E-state index is 13.8. The summed E-state index contributed by atoms with van der Waals surface area (Å²) in [6.45, 7) is 12.3. The molecule has 0 amide bonds. The summed E-state index contributed by atoms with van der Waals surface area (Å²) in [6.07, 6.45) is 4.65. The van der Waals surface area contributed by atoms with Gasteiger partial charge in [0.2, 0.25) is 0 Å². The van der Waals surface area contributed by atoms with Crippen LogP contribution in [-0.2, 0) is 19.7 Å². The standard InChI is InChI=1S/C20H24F2.C6H8O4.C2H6/c1-4-8-15(5-2)20(3,16-9-6-11-18(21)13-16)17-10-7-12-19(22)14-17;1-2-10-6(9)4-3-5(7)8;1-2/h6-7,9-15H,4-5,8H2,1-3H3;3-4H,2H2,1H3,(H,7,8);1-2H3/b;4-3-;. The molecule has 0 aromatic heterocycles. The molecule has 1 unspecified atom stereocenters. The fourth-order valence-corrected chi connectivity index (χ4v) is 3.84. The Morgan fingerprint density at radius 3 is 1.82 bits per heavy atom. The van der Waals surface area contributed by atoms with Gasteiger partial charge in [-0.2, -0.15) is 0 Å². The highest BCUT2D eigenvalue weighted by atomic mass is 19.1. The van der Waals surface area contributed by atoms with E-state index in [1.54, 1.807) is 31.2 Å². The minimum Gasteiger partial charge on any atom is -0.478 e. The summed E-state index contributed by atoms with van der Waals surface area (Å²) in [4.78, 5) is 20.2. The van der Waals surface area contributed by atoms with Crippen molar-refractivity contribution < 1.29 is 28.2 Å². The molecule has 2 aromatic carbocycles. The first-order valence-electron chi connectivity index (χ1n) is 11.8. The molecule has 0 aliphatic rings. The van der Waals surface area contributed by atoms with Gasteiger partial charge in [-0.1, -0.05) is 71.7 Å². The molecule has 0 aliphatic heterocycles. The average molecular weight is 477 g/mol. The molecule has 0 saturated heterocycles. The van der Waals surface area contributed by atoms with Crippen LogP contribution >= 0.6 is 0 Å². The fourth-order valence-electron chi connectivity index (χ4n) is 3.84. The number of carboxylic acids is 1. The summed E-state index contributed by atoms with van der Waals surface area (Å²) >= 11 is 0. The molecule has 1 N–H and O–H groups in total. The van der Waals surface area contributed by atoms with Crippen LogP contribution in [0, 0.1) is 17.6 Å². The van der Waals surface area contributed by atoms with Crippen LogP contribution < -0.4 is 0 Å². The van der Waals surface area contributed by atoms with Crippen LogP contribution in [0.25, 0.3) is 0 Å².